The molecular weight excluding hydrogens is 234 g/mol. The fourth-order valence-electron chi connectivity index (χ4n) is 3.61. The number of aryl methyl sites for hydroxylation is 1. The Hall–Kier alpha value is -0.830. The summed E-state index contributed by atoms with van der Waals surface area (Å²) in [6.07, 6.45) is 6.68. The monoisotopic (exact) mass is 263 g/mol. The molecule has 19 heavy (non-hydrogen) atoms. The Morgan fingerprint density at radius 3 is 2.47 bits per heavy atom. The van der Waals surface area contributed by atoms with Crippen molar-refractivity contribution in [2.45, 2.75) is 72.4 Å². The predicted octanol–water partition coefficient (Wildman–Crippen LogP) is 3.23. The molecule has 1 unspecified atom stereocenters. The number of likely N-dealkylation sites (N-methyl/N-ethyl adjacent to an activating group) is 1. The Balaban J connectivity index is 2.12. The van der Waals surface area contributed by atoms with Gasteiger partial charge in [-0.25, -0.2) is 0 Å². The van der Waals surface area contributed by atoms with Crippen molar-refractivity contribution in [2.24, 2.45) is 5.92 Å². The number of hydrogen-bond acceptors (Lipinski definition) is 2. The number of nitrogens with one attached hydrogen (secondary N) is 1. The third-order valence-electron chi connectivity index (χ3n) is 4.69. The van der Waals surface area contributed by atoms with Gasteiger partial charge in [0.25, 0.3) is 0 Å². The smallest absolute Gasteiger partial charge is 0.0628 e. The maximum atomic E-state index is 4.75. The highest BCUT2D eigenvalue weighted by Gasteiger charge is 2.25. The maximum Gasteiger partial charge on any atom is 0.0628 e. The van der Waals surface area contributed by atoms with E-state index in [-0.39, 0.29) is 0 Å². The molecule has 1 heterocycles. The molecule has 1 aliphatic carbocycles. The molecule has 1 aliphatic rings. The van der Waals surface area contributed by atoms with Gasteiger partial charge >= 0.3 is 0 Å². The minimum atomic E-state index is 0.593. The van der Waals surface area contributed by atoms with Crippen molar-refractivity contribution in [1.29, 1.82) is 0 Å². The van der Waals surface area contributed by atoms with Gasteiger partial charge in [-0.1, -0.05) is 26.7 Å². The van der Waals surface area contributed by atoms with Crippen LogP contribution in [0.5, 0.6) is 0 Å². The third kappa shape index (κ3) is 3.19. The Bertz CT molecular complexity index is 402. The van der Waals surface area contributed by atoms with Crippen LogP contribution in [0.1, 0.15) is 56.5 Å². The number of aromatic nitrogens is 2. The third-order valence-corrected chi connectivity index (χ3v) is 4.69. The predicted molar refractivity (Wildman–Crippen MR) is 80.5 cm³/mol. The lowest BCUT2D eigenvalue weighted by atomic mass is 9.98. The van der Waals surface area contributed by atoms with E-state index < -0.39 is 0 Å². The lowest BCUT2D eigenvalue weighted by molar-refractivity contribution is 0.314. The fourth-order valence-corrected chi connectivity index (χ4v) is 3.61. The van der Waals surface area contributed by atoms with Crippen LogP contribution >= 0.6 is 0 Å². The second-order valence-corrected chi connectivity index (χ2v) is 5.89. The summed E-state index contributed by atoms with van der Waals surface area (Å²) in [5.41, 5.74) is 4.00. The van der Waals surface area contributed by atoms with Gasteiger partial charge in [-0.2, -0.15) is 5.10 Å². The van der Waals surface area contributed by atoms with Gasteiger partial charge in [0, 0.05) is 11.7 Å². The van der Waals surface area contributed by atoms with Gasteiger partial charge in [0.15, 0.2) is 0 Å². The van der Waals surface area contributed by atoms with Crippen molar-refractivity contribution >= 4 is 0 Å². The molecule has 0 aliphatic heterocycles. The summed E-state index contributed by atoms with van der Waals surface area (Å²) in [4.78, 5) is 0. The quantitative estimate of drug-likeness (QED) is 0.854. The van der Waals surface area contributed by atoms with Crippen LogP contribution < -0.4 is 5.32 Å². The molecule has 0 bridgehead atoms. The molecule has 2 rings (SSSR count). The Morgan fingerprint density at radius 2 is 1.95 bits per heavy atom. The van der Waals surface area contributed by atoms with Crippen LogP contribution in [-0.2, 0) is 13.0 Å². The van der Waals surface area contributed by atoms with Gasteiger partial charge in [-0.15, -0.1) is 0 Å². The van der Waals surface area contributed by atoms with Gasteiger partial charge in [0.2, 0.25) is 0 Å². The minimum Gasteiger partial charge on any atom is -0.312 e. The van der Waals surface area contributed by atoms with Crippen molar-refractivity contribution in [2.75, 3.05) is 6.54 Å². The molecule has 1 saturated carbocycles. The molecule has 0 amide bonds. The molecular formula is C16H29N3. The molecule has 0 saturated heterocycles. The average Bonchev–Trinajstić information content (AvgIpc) is 2.99. The lowest BCUT2D eigenvalue weighted by Gasteiger charge is -2.25. The molecule has 3 heteroatoms. The Morgan fingerprint density at radius 1 is 1.26 bits per heavy atom. The molecule has 1 atom stereocenters. The SMILES string of the molecule is CCNC(Cn1nc(C)c(CC)c1C)C1CCCC1. The highest BCUT2D eigenvalue weighted by Crippen LogP contribution is 2.28. The van der Waals surface area contributed by atoms with Crippen molar-refractivity contribution in [1.82, 2.24) is 15.1 Å². The van der Waals surface area contributed by atoms with Crippen LogP contribution in [0, 0.1) is 19.8 Å². The van der Waals surface area contributed by atoms with Crippen LogP contribution in [-0.4, -0.2) is 22.4 Å². The van der Waals surface area contributed by atoms with E-state index in [9.17, 15) is 0 Å². The van der Waals surface area contributed by atoms with Gasteiger partial charge in [-0.3, -0.25) is 4.68 Å². The topological polar surface area (TPSA) is 29.9 Å². The molecule has 1 fully saturated rings. The Kier molecular flexibility index (Phi) is 5.03. The molecule has 1 N–H and O–H groups in total. The second-order valence-electron chi connectivity index (χ2n) is 5.89. The number of nitrogens with zero attached hydrogens (tertiary/aromatic N) is 2. The molecule has 0 spiro atoms. The van der Waals surface area contributed by atoms with Gasteiger partial charge < -0.3 is 5.32 Å². The van der Waals surface area contributed by atoms with E-state index in [4.69, 9.17) is 5.10 Å². The number of hydrogen-bond donors (Lipinski definition) is 1. The van der Waals surface area contributed by atoms with Crippen LogP contribution in [0.15, 0.2) is 0 Å². The highest BCUT2D eigenvalue weighted by atomic mass is 15.3. The summed E-state index contributed by atoms with van der Waals surface area (Å²) in [7, 11) is 0. The molecule has 0 aromatic carbocycles. The largest absolute Gasteiger partial charge is 0.312 e. The first-order chi connectivity index (χ1) is 9.17. The van der Waals surface area contributed by atoms with Gasteiger partial charge in [0.1, 0.15) is 0 Å². The molecule has 108 valence electrons. The summed E-state index contributed by atoms with van der Waals surface area (Å²) in [5.74, 6) is 0.842. The summed E-state index contributed by atoms with van der Waals surface area (Å²) < 4.78 is 2.24. The van der Waals surface area contributed by atoms with Crippen LogP contribution in [0.3, 0.4) is 0 Å². The second kappa shape index (κ2) is 6.56. The van der Waals surface area contributed by atoms with Gasteiger partial charge in [-0.05, 0) is 51.1 Å². The van der Waals surface area contributed by atoms with E-state index in [0.717, 1.165) is 25.4 Å². The fraction of sp³-hybridized carbons (Fsp3) is 0.812. The molecule has 1 aromatic heterocycles. The normalized spacial score (nSPS) is 18.1. The molecule has 1 aromatic rings. The van der Waals surface area contributed by atoms with E-state index in [2.05, 4.69) is 37.7 Å². The zero-order valence-electron chi connectivity index (χ0n) is 13.0. The zero-order valence-corrected chi connectivity index (χ0v) is 13.0. The van der Waals surface area contributed by atoms with E-state index in [1.807, 2.05) is 0 Å². The van der Waals surface area contributed by atoms with Crippen LogP contribution in [0.2, 0.25) is 0 Å². The van der Waals surface area contributed by atoms with E-state index in [0.29, 0.717) is 6.04 Å². The number of rotatable bonds is 6. The van der Waals surface area contributed by atoms with Crippen LogP contribution in [0.25, 0.3) is 0 Å². The Labute approximate surface area is 117 Å². The first kappa shape index (κ1) is 14.6. The highest BCUT2D eigenvalue weighted by molar-refractivity contribution is 5.24. The summed E-state index contributed by atoms with van der Waals surface area (Å²) in [6, 6.07) is 0.593. The van der Waals surface area contributed by atoms with Gasteiger partial charge in [0.05, 0.1) is 12.2 Å². The summed E-state index contributed by atoms with van der Waals surface area (Å²) in [6.45, 7) is 10.9. The standard InChI is InChI=1S/C16H29N3/c1-5-15-12(3)18-19(13(15)4)11-16(17-6-2)14-9-7-8-10-14/h14,16-17H,5-11H2,1-4H3. The molecule has 0 radical (unpaired) electrons. The van der Waals surface area contributed by atoms with E-state index in [1.165, 1.54) is 42.6 Å². The van der Waals surface area contributed by atoms with Crippen molar-refractivity contribution in [3.8, 4) is 0 Å². The summed E-state index contributed by atoms with van der Waals surface area (Å²) >= 11 is 0. The first-order valence-corrected chi connectivity index (χ1v) is 7.93. The maximum absolute atomic E-state index is 4.75. The average molecular weight is 263 g/mol. The zero-order chi connectivity index (χ0) is 13.8. The van der Waals surface area contributed by atoms with E-state index >= 15 is 0 Å². The van der Waals surface area contributed by atoms with Crippen molar-refractivity contribution in [3.05, 3.63) is 17.0 Å². The summed E-state index contributed by atoms with van der Waals surface area (Å²) in [5, 5.41) is 8.44. The lowest BCUT2D eigenvalue weighted by Crippen LogP contribution is -2.39. The van der Waals surface area contributed by atoms with Crippen LogP contribution in [0.4, 0.5) is 0 Å². The first-order valence-electron chi connectivity index (χ1n) is 7.93. The van der Waals surface area contributed by atoms with Crippen molar-refractivity contribution < 1.29 is 0 Å². The van der Waals surface area contributed by atoms with E-state index in [1.54, 1.807) is 0 Å². The molecule has 3 nitrogen and oxygen atoms in total. The minimum absolute atomic E-state index is 0.593. The van der Waals surface area contributed by atoms with Crippen molar-refractivity contribution in [3.63, 3.8) is 0 Å².